The van der Waals surface area contributed by atoms with Gasteiger partial charge in [-0.05, 0) is 55.0 Å². The number of likely N-dealkylation sites (N-methyl/N-ethyl adjacent to an activating group) is 1. The fourth-order valence-corrected chi connectivity index (χ4v) is 5.55. The van der Waals surface area contributed by atoms with Crippen molar-refractivity contribution >= 4 is 73.9 Å². The summed E-state index contributed by atoms with van der Waals surface area (Å²) in [6.07, 6.45) is 0. The Labute approximate surface area is 235 Å². The van der Waals surface area contributed by atoms with Crippen LogP contribution in [0.15, 0.2) is 71.6 Å². The highest BCUT2D eigenvalue weighted by molar-refractivity contribution is 7.92. The molecule has 0 bridgehead atoms. The van der Waals surface area contributed by atoms with Crippen molar-refractivity contribution in [3.05, 3.63) is 92.4 Å². The summed E-state index contributed by atoms with van der Waals surface area (Å²) >= 11 is 24.4. The SMILES string of the molecule is CNC(=O)C(C)N(Cc1ccc(Cl)c(Cl)c1)C(=O)CN(c1ccc(Cl)c(Cl)c1)S(=O)(=O)c1ccccc1. The van der Waals surface area contributed by atoms with Gasteiger partial charge in [-0.3, -0.25) is 13.9 Å². The summed E-state index contributed by atoms with van der Waals surface area (Å²) in [7, 11) is -2.76. The standard InChI is InChI=1S/C25H23Cl4N3O4S/c1-16(25(34)30-2)31(14-17-8-10-20(26)22(28)12-17)24(33)15-32(18-9-11-21(27)23(29)13-18)37(35,36)19-6-4-3-5-7-19/h3-13,16H,14-15H2,1-2H3,(H,30,34). The predicted molar refractivity (Wildman–Crippen MR) is 148 cm³/mol. The summed E-state index contributed by atoms with van der Waals surface area (Å²) in [4.78, 5) is 27.4. The summed E-state index contributed by atoms with van der Waals surface area (Å²) < 4.78 is 28.2. The third-order valence-corrected chi connectivity index (χ3v) is 8.82. The van der Waals surface area contributed by atoms with Crippen LogP contribution in [0.5, 0.6) is 0 Å². The first-order valence-corrected chi connectivity index (χ1v) is 13.9. The monoisotopic (exact) mass is 601 g/mol. The van der Waals surface area contributed by atoms with Crippen molar-refractivity contribution in [2.45, 2.75) is 24.4 Å². The Morgan fingerprint density at radius 2 is 1.46 bits per heavy atom. The number of hydrogen-bond donors (Lipinski definition) is 1. The van der Waals surface area contributed by atoms with E-state index in [1.165, 1.54) is 42.3 Å². The maximum atomic E-state index is 13.7. The summed E-state index contributed by atoms with van der Waals surface area (Å²) in [6.45, 7) is 0.909. The quantitative estimate of drug-likeness (QED) is 0.342. The zero-order valence-corrected chi connectivity index (χ0v) is 23.6. The molecule has 2 amide bonds. The highest BCUT2D eigenvalue weighted by atomic mass is 35.5. The number of carbonyl (C=O) groups is 2. The Kier molecular flexibility index (Phi) is 9.72. The molecule has 3 aromatic rings. The van der Waals surface area contributed by atoms with Gasteiger partial charge in [0.15, 0.2) is 0 Å². The Bertz CT molecular complexity index is 1400. The van der Waals surface area contributed by atoms with Gasteiger partial charge in [0.25, 0.3) is 10.0 Å². The zero-order chi connectivity index (χ0) is 27.3. The molecule has 0 heterocycles. The second-order valence-corrected chi connectivity index (χ2v) is 11.5. The Balaban J connectivity index is 2.05. The molecule has 0 fully saturated rings. The third kappa shape index (κ3) is 6.89. The van der Waals surface area contributed by atoms with E-state index < -0.39 is 34.4 Å². The number of benzene rings is 3. The second kappa shape index (κ2) is 12.4. The second-order valence-electron chi connectivity index (χ2n) is 7.98. The topological polar surface area (TPSA) is 86.8 Å². The smallest absolute Gasteiger partial charge is 0.264 e. The minimum Gasteiger partial charge on any atom is -0.357 e. The first-order valence-electron chi connectivity index (χ1n) is 10.9. The molecule has 0 aliphatic rings. The van der Waals surface area contributed by atoms with E-state index in [0.717, 1.165) is 4.31 Å². The van der Waals surface area contributed by atoms with E-state index >= 15 is 0 Å². The van der Waals surface area contributed by atoms with Crippen molar-refractivity contribution in [1.29, 1.82) is 0 Å². The Morgan fingerprint density at radius 3 is 2.03 bits per heavy atom. The molecule has 1 N–H and O–H groups in total. The number of nitrogens with zero attached hydrogens (tertiary/aromatic N) is 2. The normalized spacial score (nSPS) is 12.1. The van der Waals surface area contributed by atoms with E-state index in [2.05, 4.69) is 5.32 Å². The molecular weight excluding hydrogens is 580 g/mol. The van der Waals surface area contributed by atoms with Gasteiger partial charge in [-0.25, -0.2) is 8.42 Å². The molecule has 0 aromatic heterocycles. The van der Waals surface area contributed by atoms with Gasteiger partial charge >= 0.3 is 0 Å². The summed E-state index contributed by atoms with van der Waals surface area (Å²) in [5.74, 6) is -1.06. The van der Waals surface area contributed by atoms with Crippen molar-refractivity contribution in [3.8, 4) is 0 Å². The van der Waals surface area contributed by atoms with Crippen LogP contribution in [0.4, 0.5) is 5.69 Å². The molecule has 3 aromatic carbocycles. The lowest BCUT2D eigenvalue weighted by Gasteiger charge is -2.32. The number of hydrogen-bond acceptors (Lipinski definition) is 4. The van der Waals surface area contributed by atoms with Crippen LogP contribution < -0.4 is 9.62 Å². The van der Waals surface area contributed by atoms with E-state index in [1.54, 1.807) is 43.3 Å². The van der Waals surface area contributed by atoms with Gasteiger partial charge in [0, 0.05) is 13.6 Å². The number of halogens is 4. The van der Waals surface area contributed by atoms with Crippen LogP contribution in [0.2, 0.25) is 20.1 Å². The molecule has 1 atom stereocenters. The lowest BCUT2D eigenvalue weighted by molar-refractivity contribution is -0.139. The average molecular weight is 603 g/mol. The zero-order valence-electron chi connectivity index (χ0n) is 19.8. The Hall–Kier alpha value is -2.49. The van der Waals surface area contributed by atoms with Crippen LogP contribution >= 0.6 is 46.4 Å². The molecule has 0 saturated heterocycles. The van der Waals surface area contributed by atoms with Gasteiger partial charge in [0.2, 0.25) is 11.8 Å². The van der Waals surface area contributed by atoms with E-state index in [1.807, 2.05) is 0 Å². The summed E-state index contributed by atoms with van der Waals surface area (Å²) in [6, 6.07) is 15.8. The molecule has 3 rings (SSSR count). The van der Waals surface area contributed by atoms with Crippen molar-refractivity contribution in [2.24, 2.45) is 0 Å². The van der Waals surface area contributed by atoms with Crippen LogP contribution in [0, 0.1) is 0 Å². The van der Waals surface area contributed by atoms with Gasteiger partial charge in [0.05, 0.1) is 30.7 Å². The molecule has 0 spiro atoms. The van der Waals surface area contributed by atoms with Gasteiger partial charge in [-0.2, -0.15) is 0 Å². The van der Waals surface area contributed by atoms with Crippen LogP contribution in [0.25, 0.3) is 0 Å². The Morgan fingerprint density at radius 1 is 0.865 bits per heavy atom. The first-order chi connectivity index (χ1) is 17.4. The van der Waals surface area contributed by atoms with Gasteiger partial charge in [-0.15, -0.1) is 0 Å². The van der Waals surface area contributed by atoms with Crippen molar-refractivity contribution in [2.75, 3.05) is 17.9 Å². The van der Waals surface area contributed by atoms with Crippen LogP contribution in [-0.4, -0.2) is 44.8 Å². The van der Waals surface area contributed by atoms with E-state index in [-0.39, 0.29) is 32.2 Å². The first kappa shape index (κ1) is 29.1. The highest BCUT2D eigenvalue weighted by Gasteiger charge is 2.32. The van der Waals surface area contributed by atoms with E-state index in [9.17, 15) is 18.0 Å². The minimum absolute atomic E-state index is 0.0229. The van der Waals surface area contributed by atoms with E-state index in [4.69, 9.17) is 46.4 Å². The van der Waals surface area contributed by atoms with Crippen LogP contribution in [-0.2, 0) is 26.2 Å². The predicted octanol–water partition coefficient (Wildman–Crippen LogP) is 5.66. The van der Waals surface area contributed by atoms with Crippen molar-refractivity contribution < 1.29 is 18.0 Å². The fraction of sp³-hybridized carbons (Fsp3) is 0.200. The van der Waals surface area contributed by atoms with Gasteiger partial charge in [0.1, 0.15) is 12.6 Å². The summed E-state index contributed by atoms with van der Waals surface area (Å²) in [5.41, 5.74) is 0.735. The average Bonchev–Trinajstić information content (AvgIpc) is 2.89. The van der Waals surface area contributed by atoms with E-state index in [0.29, 0.717) is 10.6 Å². The fourth-order valence-electron chi connectivity index (χ4n) is 3.51. The van der Waals surface area contributed by atoms with Crippen molar-refractivity contribution in [1.82, 2.24) is 10.2 Å². The number of sulfonamides is 1. The number of amides is 2. The molecule has 7 nitrogen and oxygen atoms in total. The molecule has 196 valence electrons. The van der Waals surface area contributed by atoms with Crippen LogP contribution in [0.3, 0.4) is 0 Å². The number of anilines is 1. The van der Waals surface area contributed by atoms with Crippen molar-refractivity contribution in [3.63, 3.8) is 0 Å². The van der Waals surface area contributed by atoms with Crippen LogP contribution in [0.1, 0.15) is 12.5 Å². The molecule has 12 heteroatoms. The summed E-state index contributed by atoms with van der Waals surface area (Å²) in [5, 5.41) is 3.48. The molecule has 0 aliphatic carbocycles. The van der Waals surface area contributed by atoms with Gasteiger partial charge in [-0.1, -0.05) is 70.7 Å². The molecule has 0 aliphatic heterocycles. The maximum absolute atomic E-state index is 13.7. The minimum atomic E-state index is -4.20. The lowest BCUT2D eigenvalue weighted by atomic mass is 10.1. The lowest BCUT2D eigenvalue weighted by Crippen LogP contribution is -2.50. The number of rotatable bonds is 9. The highest BCUT2D eigenvalue weighted by Crippen LogP contribution is 2.31. The third-order valence-electron chi connectivity index (χ3n) is 5.55. The molecule has 0 radical (unpaired) electrons. The molecule has 1 unspecified atom stereocenters. The molecular formula is C25H23Cl4N3O4S. The number of nitrogens with one attached hydrogen (secondary N) is 1. The number of carbonyl (C=O) groups excluding carboxylic acids is 2. The van der Waals surface area contributed by atoms with Gasteiger partial charge < -0.3 is 10.2 Å². The molecule has 0 saturated carbocycles. The largest absolute Gasteiger partial charge is 0.357 e. The molecule has 37 heavy (non-hydrogen) atoms. The maximum Gasteiger partial charge on any atom is 0.264 e.